The van der Waals surface area contributed by atoms with E-state index >= 15 is 0 Å². The highest BCUT2D eigenvalue weighted by molar-refractivity contribution is 14.1. The zero-order chi connectivity index (χ0) is 6.85. The largest absolute Gasteiger partial charge is 0.301 e. The predicted octanol–water partition coefficient (Wildman–Crippen LogP) is 0.972. The molecule has 1 aliphatic heterocycles. The minimum atomic E-state index is 0.732. The number of nitrogens with zero attached hydrogens (tertiary/aromatic N) is 2. The Balaban J connectivity index is 2.35. The normalized spacial score (nSPS) is 33.0. The highest BCUT2D eigenvalue weighted by atomic mass is 127. The van der Waals surface area contributed by atoms with Gasteiger partial charge in [-0.25, -0.2) is 3.11 Å². The molecular formula is C6H13IN2. The Morgan fingerprint density at radius 2 is 2.11 bits per heavy atom. The second-order valence-corrected chi connectivity index (χ2v) is 4.06. The van der Waals surface area contributed by atoms with Crippen LogP contribution in [0.3, 0.4) is 0 Å². The SMILES string of the molecule is CC1CN(I)CCN1C. The van der Waals surface area contributed by atoms with Crippen LogP contribution in [0.2, 0.25) is 0 Å². The third-order valence-corrected chi connectivity index (χ3v) is 2.79. The van der Waals surface area contributed by atoms with Gasteiger partial charge in [0.1, 0.15) is 0 Å². The van der Waals surface area contributed by atoms with Crippen LogP contribution >= 0.6 is 22.9 Å². The monoisotopic (exact) mass is 240 g/mol. The summed E-state index contributed by atoms with van der Waals surface area (Å²) in [6, 6.07) is 0.732. The van der Waals surface area contributed by atoms with Crippen molar-refractivity contribution in [1.29, 1.82) is 0 Å². The standard InChI is InChI=1S/C6H13IN2/c1-6-5-9(7)4-3-8(6)2/h6H,3-5H2,1-2H3. The first-order valence-corrected chi connectivity index (χ1v) is 4.27. The number of hydrogen-bond acceptors (Lipinski definition) is 2. The van der Waals surface area contributed by atoms with Gasteiger partial charge in [0.05, 0.1) is 0 Å². The Morgan fingerprint density at radius 3 is 2.56 bits per heavy atom. The lowest BCUT2D eigenvalue weighted by atomic mass is 10.2. The molecule has 9 heavy (non-hydrogen) atoms. The van der Waals surface area contributed by atoms with Gasteiger partial charge in [0.15, 0.2) is 0 Å². The Labute approximate surface area is 70.7 Å². The Kier molecular flexibility index (Phi) is 2.73. The number of likely N-dealkylation sites (N-methyl/N-ethyl adjacent to an activating group) is 1. The summed E-state index contributed by atoms with van der Waals surface area (Å²) < 4.78 is 2.35. The van der Waals surface area contributed by atoms with Crippen LogP contribution in [0, 0.1) is 0 Å². The second kappa shape index (κ2) is 3.16. The first kappa shape index (κ1) is 7.75. The average Bonchev–Trinajstić information content (AvgIpc) is 1.80. The number of halogens is 1. The van der Waals surface area contributed by atoms with Gasteiger partial charge >= 0.3 is 0 Å². The minimum Gasteiger partial charge on any atom is -0.301 e. The van der Waals surface area contributed by atoms with Gasteiger partial charge in [-0.2, -0.15) is 0 Å². The van der Waals surface area contributed by atoms with E-state index in [-0.39, 0.29) is 0 Å². The minimum absolute atomic E-state index is 0.732. The van der Waals surface area contributed by atoms with Crippen LogP contribution in [0.25, 0.3) is 0 Å². The molecule has 1 fully saturated rings. The summed E-state index contributed by atoms with van der Waals surface area (Å²) in [5.41, 5.74) is 0. The van der Waals surface area contributed by atoms with Crippen molar-refractivity contribution in [3.8, 4) is 0 Å². The van der Waals surface area contributed by atoms with Crippen molar-refractivity contribution < 1.29 is 0 Å². The molecule has 1 atom stereocenters. The average molecular weight is 240 g/mol. The number of piperazine rings is 1. The third-order valence-electron chi connectivity index (χ3n) is 1.91. The molecule has 0 bridgehead atoms. The molecule has 0 aliphatic carbocycles. The van der Waals surface area contributed by atoms with Crippen LogP contribution in [-0.4, -0.2) is 40.7 Å². The van der Waals surface area contributed by atoms with E-state index in [1.807, 2.05) is 0 Å². The maximum atomic E-state index is 2.40. The molecule has 0 N–H and O–H groups in total. The lowest BCUT2D eigenvalue weighted by Gasteiger charge is -2.34. The van der Waals surface area contributed by atoms with Crippen molar-refractivity contribution >= 4 is 22.9 Å². The summed E-state index contributed by atoms with van der Waals surface area (Å²) in [6.45, 7) is 5.90. The highest BCUT2D eigenvalue weighted by Gasteiger charge is 2.17. The zero-order valence-corrected chi connectivity index (χ0v) is 8.13. The fraction of sp³-hybridized carbons (Fsp3) is 1.00. The molecule has 0 radical (unpaired) electrons. The number of rotatable bonds is 0. The van der Waals surface area contributed by atoms with E-state index in [4.69, 9.17) is 0 Å². The van der Waals surface area contributed by atoms with E-state index in [0.717, 1.165) is 6.04 Å². The van der Waals surface area contributed by atoms with Gasteiger partial charge < -0.3 is 4.90 Å². The Morgan fingerprint density at radius 1 is 1.44 bits per heavy atom. The molecular weight excluding hydrogens is 227 g/mol. The van der Waals surface area contributed by atoms with E-state index < -0.39 is 0 Å². The number of hydrogen-bond donors (Lipinski definition) is 0. The van der Waals surface area contributed by atoms with Gasteiger partial charge in [-0.1, -0.05) is 0 Å². The maximum absolute atomic E-state index is 2.40. The summed E-state index contributed by atoms with van der Waals surface area (Å²) in [5.74, 6) is 0. The van der Waals surface area contributed by atoms with Crippen molar-refractivity contribution in [2.24, 2.45) is 0 Å². The van der Waals surface area contributed by atoms with E-state index in [9.17, 15) is 0 Å². The molecule has 54 valence electrons. The van der Waals surface area contributed by atoms with Crippen LogP contribution < -0.4 is 0 Å². The zero-order valence-electron chi connectivity index (χ0n) is 5.97. The third kappa shape index (κ3) is 2.05. The molecule has 1 unspecified atom stereocenters. The highest BCUT2D eigenvalue weighted by Crippen LogP contribution is 2.09. The molecule has 0 spiro atoms. The van der Waals surface area contributed by atoms with Crippen molar-refractivity contribution in [2.75, 3.05) is 26.7 Å². The van der Waals surface area contributed by atoms with E-state index in [0.29, 0.717) is 0 Å². The van der Waals surface area contributed by atoms with Gasteiger partial charge in [-0.3, -0.25) is 0 Å². The quantitative estimate of drug-likeness (QED) is 0.460. The van der Waals surface area contributed by atoms with Gasteiger partial charge in [-0.15, -0.1) is 0 Å². The molecule has 0 saturated carbocycles. The molecule has 0 aromatic rings. The molecule has 0 aromatic carbocycles. The lowest BCUT2D eigenvalue weighted by Crippen LogP contribution is -2.46. The van der Waals surface area contributed by atoms with Gasteiger partial charge in [-0.05, 0) is 14.0 Å². The second-order valence-electron chi connectivity index (χ2n) is 2.70. The van der Waals surface area contributed by atoms with E-state index in [1.54, 1.807) is 0 Å². The van der Waals surface area contributed by atoms with Crippen molar-refractivity contribution in [1.82, 2.24) is 8.01 Å². The fourth-order valence-electron chi connectivity index (χ4n) is 1.00. The summed E-state index contributed by atoms with van der Waals surface area (Å²) in [6.07, 6.45) is 0. The Hall–Kier alpha value is 0.650. The summed E-state index contributed by atoms with van der Waals surface area (Å²) >= 11 is 2.39. The van der Waals surface area contributed by atoms with Crippen molar-refractivity contribution in [3.63, 3.8) is 0 Å². The first-order valence-electron chi connectivity index (χ1n) is 3.31. The molecule has 0 aromatic heterocycles. The van der Waals surface area contributed by atoms with Crippen LogP contribution in [0.15, 0.2) is 0 Å². The molecule has 1 saturated heterocycles. The van der Waals surface area contributed by atoms with Gasteiger partial charge in [0.25, 0.3) is 0 Å². The predicted molar refractivity (Wildman–Crippen MR) is 47.7 cm³/mol. The van der Waals surface area contributed by atoms with E-state index in [2.05, 4.69) is 44.8 Å². The van der Waals surface area contributed by atoms with Crippen molar-refractivity contribution in [2.45, 2.75) is 13.0 Å². The topological polar surface area (TPSA) is 6.48 Å². The smallest absolute Gasteiger partial charge is 0.0235 e. The van der Waals surface area contributed by atoms with Crippen LogP contribution in [-0.2, 0) is 0 Å². The molecule has 2 nitrogen and oxygen atoms in total. The molecule has 3 heteroatoms. The maximum Gasteiger partial charge on any atom is 0.0235 e. The van der Waals surface area contributed by atoms with Crippen LogP contribution in [0.4, 0.5) is 0 Å². The summed E-state index contributed by atoms with van der Waals surface area (Å²) in [5, 5.41) is 0. The van der Waals surface area contributed by atoms with E-state index in [1.165, 1.54) is 19.6 Å². The first-order chi connectivity index (χ1) is 4.20. The fourth-order valence-corrected chi connectivity index (χ4v) is 1.79. The lowest BCUT2D eigenvalue weighted by molar-refractivity contribution is 0.177. The summed E-state index contributed by atoms with van der Waals surface area (Å²) in [7, 11) is 2.19. The molecule has 1 rings (SSSR count). The van der Waals surface area contributed by atoms with Crippen LogP contribution in [0.1, 0.15) is 6.92 Å². The van der Waals surface area contributed by atoms with Crippen LogP contribution in [0.5, 0.6) is 0 Å². The molecule has 1 aliphatic rings. The van der Waals surface area contributed by atoms with Crippen molar-refractivity contribution in [3.05, 3.63) is 0 Å². The Bertz CT molecular complexity index is 97.1. The van der Waals surface area contributed by atoms with Gasteiger partial charge in [0, 0.05) is 48.5 Å². The van der Waals surface area contributed by atoms with Gasteiger partial charge in [0.2, 0.25) is 0 Å². The molecule has 1 heterocycles. The summed E-state index contributed by atoms with van der Waals surface area (Å²) in [4.78, 5) is 2.40. The molecule has 0 amide bonds.